The SMILES string of the molecule is CNC(=O)NC1CCC(C2CC(c3cc(C(=O)NCc4ccc(F)c(OC)c4)nc(C)n3)=NO2)CC1. The summed E-state index contributed by atoms with van der Waals surface area (Å²) in [4.78, 5) is 38.8. The second kappa shape index (κ2) is 11.3. The first kappa shape index (κ1) is 25.3. The van der Waals surface area contributed by atoms with Gasteiger partial charge in [0.05, 0.1) is 12.8 Å². The van der Waals surface area contributed by atoms with E-state index < -0.39 is 5.82 Å². The van der Waals surface area contributed by atoms with Crippen LogP contribution in [0.15, 0.2) is 29.4 Å². The summed E-state index contributed by atoms with van der Waals surface area (Å²) in [5.74, 6) is 0.0745. The fourth-order valence-corrected chi connectivity index (χ4v) is 4.61. The van der Waals surface area contributed by atoms with Crippen LogP contribution >= 0.6 is 0 Å². The standard InChI is InChI=1S/C25H31FN6O4/c1-14-29-19(11-21(30-14)24(33)28-13-15-4-9-18(26)23(10-15)35-3)20-12-22(36-32-20)16-5-7-17(8-6-16)31-25(34)27-2/h4,9-11,16-17,22H,5-8,12-13H2,1-3H3,(H,28,33)(H2,27,31,34). The average molecular weight is 499 g/mol. The van der Waals surface area contributed by atoms with E-state index in [0.29, 0.717) is 35.1 Å². The lowest BCUT2D eigenvalue weighted by molar-refractivity contribution is 0.0239. The fraction of sp³-hybridized carbons (Fsp3) is 0.480. The van der Waals surface area contributed by atoms with Crippen molar-refractivity contribution in [2.75, 3.05) is 14.2 Å². The van der Waals surface area contributed by atoms with Gasteiger partial charge in [0.25, 0.3) is 5.91 Å². The molecule has 0 bridgehead atoms. The van der Waals surface area contributed by atoms with E-state index in [-0.39, 0.29) is 42.1 Å². The molecule has 1 saturated carbocycles. The van der Waals surface area contributed by atoms with Crippen LogP contribution in [0.25, 0.3) is 0 Å². The number of aryl methyl sites for hydroxylation is 1. The number of halogens is 1. The van der Waals surface area contributed by atoms with Crippen molar-refractivity contribution in [3.63, 3.8) is 0 Å². The maximum Gasteiger partial charge on any atom is 0.314 e. The highest BCUT2D eigenvalue weighted by Crippen LogP contribution is 2.33. The molecule has 3 N–H and O–H groups in total. The van der Waals surface area contributed by atoms with Gasteiger partial charge in [-0.15, -0.1) is 0 Å². The van der Waals surface area contributed by atoms with Crippen LogP contribution in [-0.4, -0.2) is 53.9 Å². The van der Waals surface area contributed by atoms with Crippen molar-refractivity contribution in [3.05, 3.63) is 52.9 Å². The molecule has 2 heterocycles. The van der Waals surface area contributed by atoms with Gasteiger partial charge >= 0.3 is 6.03 Å². The molecule has 1 atom stereocenters. The molecule has 2 aliphatic rings. The number of nitrogens with zero attached hydrogens (tertiary/aromatic N) is 3. The number of methoxy groups -OCH3 is 1. The molecule has 10 nitrogen and oxygen atoms in total. The summed E-state index contributed by atoms with van der Waals surface area (Å²) in [5.41, 5.74) is 2.17. The Balaban J connectivity index is 1.34. The molecule has 192 valence electrons. The number of urea groups is 1. The van der Waals surface area contributed by atoms with Crippen LogP contribution in [0.3, 0.4) is 0 Å². The Bertz CT molecular complexity index is 1150. The molecule has 1 unspecified atom stereocenters. The van der Waals surface area contributed by atoms with Crippen LogP contribution in [0.1, 0.15) is 59.7 Å². The number of rotatable bonds is 7. The number of benzene rings is 1. The minimum absolute atomic E-state index is 0.0537. The number of nitrogens with one attached hydrogen (secondary N) is 3. The smallest absolute Gasteiger partial charge is 0.314 e. The molecule has 0 radical (unpaired) electrons. The second-order valence-corrected chi connectivity index (χ2v) is 9.06. The van der Waals surface area contributed by atoms with E-state index >= 15 is 0 Å². The van der Waals surface area contributed by atoms with Crippen molar-refractivity contribution < 1.29 is 23.6 Å². The highest BCUT2D eigenvalue weighted by atomic mass is 19.1. The largest absolute Gasteiger partial charge is 0.494 e. The van der Waals surface area contributed by atoms with Gasteiger partial charge in [-0.2, -0.15) is 0 Å². The third-order valence-corrected chi connectivity index (χ3v) is 6.59. The number of hydrogen-bond acceptors (Lipinski definition) is 7. The number of carbonyl (C=O) groups excluding carboxylic acids is 2. The van der Waals surface area contributed by atoms with Crippen LogP contribution in [0.4, 0.5) is 9.18 Å². The minimum Gasteiger partial charge on any atom is -0.494 e. The number of hydrogen-bond donors (Lipinski definition) is 3. The van der Waals surface area contributed by atoms with Crippen molar-refractivity contribution in [3.8, 4) is 5.75 Å². The molecular weight excluding hydrogens is 467 g/mol. The number of amides is 3. The van der Waals surface area contributed by atoms with E-state index in [9.17, 15) is 14.0 Å². The number of oxime groups is 1. The van der Waals surface area contributed by atoms with Gasteiger partial charge in [0.2, 0.25) is 0 Å². The maximum atomic E-state index is 13.6. The second-order valence-electron chi connectivity index (χ2n) is 9.06. The highest BCUT2D eigenvalue weighted by molar-refractivity contribution is 6.01. The quantitative estimate of drug-likeness (QED) is 0.539. The van der Waals surface area contributed by atoms with Gasteiger partial charge in [0.1, 0.15) is 23.3 Å². The molecule has 36 heavy (non-hydrogen) atoms. The van der Waals surface area contributed by atoms with Gasteiger partial charge < -0.3 is 25.5 Å². The van der Waals surface area contributed by atoms with Crippen LogP contribution in [0.2, 0.25) is 0 Å². The van der Waals surface area contributed by atoms with Crippen LogP contribution in [0, 0.1) is 18.7 Å². The molecule has 2 aromatic rings. The van der Waals surface area contributed by atoms with E-state index in [4.69, 9.17) is 9.57 Å². The molecule has 1 aliphatic carbocycles. The molecule has 1 aromatic carbocycles. The molecule has 0 saturated heterocycles. The molecule has 11 heteroatoms. The van der Waals surface area contributed by atoms with Gasteiger partial charge in [-0.3, -0.25) is 4.79 Å². The van der Waals surface area contributed by atoms with Crippen LogP contribution in [-0.2, 0) is 11.4 Å². The zero-order valence-corrected chi connectivity index (χ0v) is 20.6. The Morgan fingerprint density at radius 2 is 1.94 bits per heavy atom. The molecule has 1 aliphatic heterocycles. The summed E-state index contributed by atoms with van der Waals surface area (Å²) < 4.78 is 18.6. The van der Waals surface area contributed by atoms with Crippen molar-refractivity contribution in [2.45, 2.75) is 57.7 Å². The summed E-state index contributed by atoms with van der Waals surface area (Å²) in [7, 11) is 3.00. The molecule has 0 spiro atoms. The van der Waals surface area contributed by atoms with E-state index in [0.717, 1.165) is 25.7 Å². The van der Waals surface area contributed by atoms with Gasteiger partial charge in [-0.05, 0) is 62.3 Å². The Hall–Kier alpha value is -3.76. The van der Waals surface area contributed by atoms with Crippen molar-refractivity contribution >= 4 is 17.6 Å². The molecule has 3 amide bonds. The molecule has 1 fully saturated rings. The normalized spacial score (nSPS) is 21.2. The van der Waals surface area contributed by atoms with Crippen molar-refractivity contribution in [2.24, 2.45) is 11.1 Å². The van der Waals surface area contributed by atoms with Crippen molar-refractivity contribution in [1.29, 1.82) is 0 Å². The predicted molar refractivity (Wildman–Crippen MR) is 130 cm³/mol. The summed E-state index contributed by atoms with van der Waals surface area (Å²) in [5, 5.41) is 12.6. The predicted octanol–water partition coefficient (Wildman–Crippen LogP) is 2.84. The van der Waals surface area contributed by atoms with Gasteiger partial charge in [-0.25, -0.2) is 19.2 Å². The average Bonchev–Trinajstić information content (AvgIpc) is 3.38. The number of ether oxygens (including phenoxy) is 1. The van der Waals surface area contributed by atoms with Crippen LogP contribution in [0.5, 0.6) is 5.75 Å². The first-order valence-corrected chi connectivity index (χ1v) is 12.0. The van der Waals surface area contributed by atoms with E-state index in [1.807, 2.05) is 0 Å². The zero-order chi connectivity index (χ0) is 25.7. The van der Waals surface area contributed by atoms with E-state index in [2.05, 4.69) is 31.1 Å². The molecule has 1 aromatic heterocycles. The topological polar surface area (TPSA) is 127 Å². The Labute approximate surface area is 209 Å². The Morgan fingerprint density at radius 1 is 1.17 bits per heavy atom. The van der Waals surface area contributed by atoms with Gasteiger partial charge in [0.15, 0.2) is 11.6 Å². The lowest BCUT2D eigenvalue weighted by Gasteiger charge is -2.31. The maximum absolute atomic E-state index is 13.6. The first-order chi connectivity index (χ1) is 17.4. The van der Waals surface area contributed by atoms with Crippen molar-refractivity contribution in [1.82, 2.24) is 25.9 Å². The monoisotopic (exact) mass is 498 g/mol. The third kappa shape index (κ3) is 6.07. The number of carbonyl (C=O) groups is 2. The van der Waals surface area contributed by atoms with Gasteiger partial charge in [0, 0.05) is 26.1 Å². The van der Waals surface area contributed by atoms with Gasteiger partial charge in [-0.1, -0.05) is 11.2 Å². The van der Waals surface area contributed by atoms with Crippen LogP contribution < -0.4 is 20.7 Å². The Kier molecular flexibility index (Phi) is 7.97. The Morgan fingerprint density at radius 3 is 2.67 bits per heavy atom. The minimum atomic E-state index is -0.463. The molecule has 4 rings (SSSR count). The fourth-order valence-electron chi connectivity index (χ4n) is 4.61. The summed E-state index contributed by atoms with van der Waals surface area (Å²) >= 11 is 0. The summed E-state index contributed by atoms with van der Waals surface area (Å²) in [6, 6.07) is 6.05. The van der Waals surface area contributed by atoms with E-state index in [1.165, 1.54) is 13.2 Å². The lowest BCUT2D eigenvalue weighted by atomic mass is 9.81. The first-order valence-electron chi connectivity index (χ1n) is 12.0. The lowest BCUT2D eigenvalue weighted by Crippen LogP contribution is -2.43. The molecular formula is C25H31FN6O4. The highest BCUT2D eigenvalue weighted by Gasteiger charge is 2.34. The summed E-state index contributed by atoms with van der Waals surface area (Å²) in [6.07, 6.45) is 4.21. The third-order valence-electron chi connectivity index (χ3n) is 6.59. The zero-order valence-electron chi connectivity index (χ0n) is 20.6. The summed E-state index contributed by atoms with van der Waals surface area (Å²) in [6.45, 7) is 1.91. The van der Waals surface area contributed by atoms with E-state index in [1.54, 1.807) is 32.2 Å². The number of aromatic nitrogens is 2.